The largest absolute Gasteiger partial charge is 0.295 e. The number of benzene rings is 2. The Morgan fingerprint density at radius 3 is 1.72 bits per heavy atom. The Bertz CT molecular complexity index is 610. The van der Waals surface area contributed by atoms with E-state index in [2.05, 4.69) is 71.6 Å². The number of hydrogen-bond donors (Lipinski definition) is 0. The molecular weight excluding hydrogens is 304 g/mol. The van der Waals surface area contributed by atoms with Gasteiger partial charge in [-0.2, -0.15) is 5.26 Å². The Morgan fingerprint density at radius 2 is 1.24 bits per heavy atom. The lowest BCUT2D eigenvalue weighted by Crippen LogP contribution is -2.31. The second-order valence-corrected chi connectivity index (χ2v) is 7.39. The Hall–Kier alpha value is -2.11. The highest BCUT2D eigenvalue weighted by atomic mass is 15.1. The Labute approximate surface area is 152 Å². The van der Waals surface area contributed by atoms with Crippen molar-refractivity contribution >= 4 is 0 Å². The van der Waals surface area contributed by atoms with Gasteiger partial charge in [0.2, 0.25) is 0 Å². The van der Waals surface area contributed by atoms with E-state index in [-0.39, 0.29) is 0 Å². The van der Waals surface area contributed by atoms with Gasteiger partial charge in [0, 0.05) is 26.1 Å². The van der Waals surface area contributed by atoms with Gasteiger partial charge in [-0.05, 0) is 48.6 Å². The molecule has 0 spiro atoms. The minimum absolute atomic E-state index is 0.637. The summed E-state index contributed by atoms with van der Waals surface area (Å²) in [6.07, 6.45) is 5.73. The molecule has 0 unspecified atom stereocenters. The predicted molar refractivity (Wildman–Crippen MR) is 103 cm³/mol. The third-order valence-electron chi connectivity index (χ3n) is 5.36. The van der Waals surface area contributed by atoms with Crippen LogP contribution in [0.1, 0.15) is 43.2 Å². The summed E-state index contributed by atoms with van der Waals surface area (Å²) in [6, 6.07) is 23.9. The molecule has 0 amide bonds. The summed E-state index contributed by atoms with van der Waals surface area (Å²) in [5.41, 5.74) is 2.77. The molecular formula is C23H28N2. The maximum absolute atomic E-state index is 8.90. The first kappa shape index (κ1) is 17.7. The van der Waals surface area contributed by atoms with E-state index < -0.39 is 0 Å². The smallest absolute Gasteiger partial charge is 0.0624 e. The van der Waals surface area contributed by atoms with Gasteiger partial charge < -0.3 is 0 Å². The van der Waals surface area contributed by atoms with E-state index in [4.69, 9.17) is 5.26 Å². The van der Waals surface area contributed by atoms with Gasteiger partial charge in [0.05, 0.1) is 6.07 Å². The quantitative estimate of drug-likeness (QED) is 0.678. The standard InChI is InChI=1S/C23H28N2/c24-16-15-20-11-13-23(14-12-20)19-25(17-21-7-3-1-4-8-21)18-22-9-5-2-6-10-22/h1-10,20,23H,11-15,17-19H2. The van der Waals surface area contributed by atoms with Crippen molar-refractivity contribution in [3.63, 3.8) is 0 Å². The van der Waals surface area contributed by atoms with Crippen molar-refractivity contribution in [1.29, 1.82) is 5.26 Å². The summed E-state index contributed by atoms with van der Waals surface area (Å²) >= 11 is 0. The zero-order valence-corrected chi connectivity index (χ0v) is 15.0. The fourth-order valence-electron chi connectivity index (χ4n) is 3.98. The van der Waals surface area contributed by atoms with Crippen LogP contribution < -0.4 is 0 Å². The molecule has 1 saturated carbocycles. The first-order valence-electron chi connectivity index (χ1n) is 9.50. The predicted octanol–water partition coefficient (Wildman–Crippen LogP) is 5.41. The molecule has 0 bridgehead atoms. The van der Waals surface area contributed by atoms with Gasteiger partial charge in [-0.25, -0.2) is 0 Å². The van der Waals surface area contributed by atoms with Crippen LogP contribution in [0.25, 0.3) is 0 Å². The van der Waals surface area contributed by atoms with E-state index in [0.29, 0.717) is 5.92 Å². The molecule has 0 aliphatic heterocycles. The van der Waals surface area contributed by atoms with Crippen LogP contribution in [-0.2, 0) is 13.1 Å². The third kappa shape index (κ3) is 5.73. The zero-order valence-electron chi connectivity index (χ0n) is 15.0. The van der Waals surface area contributed by atoms with Gasteiger partial charge in [-0.15, -0.1) is 0 Å². The molecule has 3 rings (SSSR count). The average Bonchev–Trinajstić information content (AvgIpc) is 2.65. The summed E-state index contributed by atoms with van der Waals surface area (Å²) in [4.78, 5) is 2.60. The molecule has 130 valence electrons. The molecule has 0 N–H and O–H groups in total. The molecule has 25 heavy (non-hydrogen) atoms. The highest BCUT2D eigenvalue weighted by Gasteiger charge is 2.23. The lowest BCUT2D eigenvalue weighted by atomic mass is 9.80. The fourth-order valence-corrected chi connectivity index (χ4v) is 3.98. The molecule has 2 aromatic rings. The normalized spacial score (nSPS) is 20.3. The average molecular weight is 332 g/mol. The molecule has 0 saturated heterocycles. The van der Waals surface area contributed by atoms with E-state index in [0.717, 1.165) is 32.0 Å². The molecule has 2 aromatic carbocycles. The van der Waals surface area contributed by atoms with Crippen molar-refractivity contribution in [2.24, 2.45) is 11.8 Å². The van der Waals surface area contributed by atoms with Crippen molar-refractivity contribution in [1.82, 2.24) is 4.90 Å². The van der Waals surface area contributed by atoms with Crippen molar-refractivity contribution in [2.75, 3.05) is 6.54 Å². The number of nitrogens with zero attached hydrogens (tertiary/aromatic N) is 2. The lowest BCUT2D eigenvalue weighted by molar-refractivity contribution is 0.169. The highest BCUT2D eigenvalue weighted by molar-refractivity contribution is 5.17. The van der Waals surface area contributed by atoms with Crippen LogP contribution in [0.2, 0.25) is 0 Å². The van der Waals surface area contributed by atoms with Crippen LogP contribution in [0.3, 0.4) is 0 Å². The molecule has 1 fully saturated rings. The van der Waals surface area contributed by atoms with Crippen molar-refractivity contribution in [3.05, 3.63) is 71.8 Å². The van der Waals surface area contributed by atoms with Crippen LogP contribution in [-0.4, -0.2) is 11.4 Å². The summed E-state index contributed by atoms with van der Waals surface area (Å²) in [7, 11) is 0. The molecule has 0 atom stereocenters. The SMILES string of the molecule is N#CCC1CCC(CN(Cc2ccccc2)Cc2ccccc2)CC1. The Morgan fingerprint density at radius 1 is 0.760 bits per heavy atom. The van der Waals surface area contributed by atoms with E-state index in [1.165, 1.54) is 36.8 Å². The maximum atomic E-state index is 8.90. The number of rotatable bonds is 7. The summed E-state index contributed by atoms with van der Waals surface area (Å²) in [6.45, 7) is 3.17. The van der Waals surface area contributed by atoms with Gasteiger partial charge in [-0.1, -0.05) is 60.7 Å². The first-order chi connectivity index (χ1) is 12.3. The lowest BCUT2D eigenvalue weighted by Gasteiger charge is -2.32. The number of nitriles is 1. The molecule has 1 aliphatic rings. The van der Waals surface area contributed by atoms with Crippen molar-refractivity contribution in [2.45, 2.75) is 45.2 Å². The zero-order chi connectivity index (χ0) is 17.3. The summed E-state index contributed by atoms with van der Waals surface area (Å²) in [5, 5.41) is 8.90. The summed E-state index contributed by atoms with van der Waals surface area (Å²) in [5.74, 6) is 1.40. The van der Waals surface area contributed by atoms with E-state index in [1.807, 2.05) is 0 Å². The third-order valence-corrected chi connectivity index (χ3v) is 5.36. The number of hydrogen-bond acceptors (Lipinski definition) is 2. The van der Waals surface area contributed by atoms with Gasteiger partial charge in [0.25, 0.3) is 0 Å². The van der Waals surface area contributed by atoms with E-state index in [1.54, 1.807) is 0 Å². The van der Waals surface area contributed by atoms with E-state index >= 15 is 0 Å². The fraction of sp³-hybridized carbons (Fsp3) is 0.435. The summed E-state index contributed by atoms with van der Waals surface area (Å²) < 4.78 is 0. The topological polar surface area (TPSA) is 27.0 Å². The second kappa shape index (κ2) is 9.39. The molecule has 0 radical (unpaired) electrons. The Kier molecular flexibility index (Phi) is 6.65. The van der Waals surface area contributed by atoms with E-state index in [9.17, 15) is 0 Å². The van der Waals surface area contributed by atoms with Gasteiger partial charge in [0.15, 0.2) is 0 Å². The van der Waals surface area contributed by atoms with Gasteiger partial charge in [-0.3, -0.25) is 4.90 Å². The first-order valence-corrected chi connectivity index (χ1v) is 9.50. The van der Waals surface area contributed by atoms with Crippen molar-refractivity contribution in [3.8, 4) is 6.07 Å². The van der Waals surface area contributed by atoms with Gasteiger partial charge in [0.1, 0.15) is 0 Å². The second-order valence-electron chi connectivity index (χ2n) is 7.39. The van der Waals surface area contributed by atoms with Crippen LogP contribution in [0.4, 0.5) is 0 Å². The van der Waals surface area contributed by atoms with Crippen LogP contribution in [0, 0.1) is 23.2 Å². The monoisotopic (exact) mass is 332 g/mol. The molecule has 0 aromatic heterocycles. The molecule has 2 nitrogen and oxygen atoms in total. The van der Waals surface area contributed by atoms with Crippen LogP contribution >= 0.6 is 0 Å². The van der Waals surface area contributed by atoms with Crippen LogP contribution in [0.15, 0.2) is 60.7 Å². The molecule has 1 aliphatic carbocycles. The highest BCUT2D eigenvalue weighted by Crippen LogP contribution is 2.31. The molecule has 2 heteroatoms. The minimum atomic E-state index is 0.637. The van der Waals surface area contributed by atoms with Crippen LogP contribution in [0.5, 0.6) is 0 Å². The molecule has 0 heterocycles. The van der Waals surface area contributed by atoms with Gasteiger partial charge >= 0.3 is 0 Å². The Balaban J connectivity index is 1.61. The maximum Gasteiger partial charge on any atom is 0.0624 e. The minimum Gasteiger partial charge on any atom is -0.295 e. The van der Waals surface area contributed by atoms with Crippen molar-refractivity contribution < 1.29 is 0 Å².